The minimum atomic E-state index is -0.407. The lowest BCUT2D eigenvalue weighted by molar-refractivity contribution is -0.142. The number of hydrogen-bond donors (Lipinski definition) is 0. The van der Waals surface area contributed by atoms with Crippen LogP contribution in [0.5, 0.6) is 0 Å². The van der Waals surface area contributed by atoms with E-state index < -0.39 is 5.97 Å². The largest absolute Gasteiger partial charge is 0.466 e. The number of rotatable bonds is 6. The smallest absolute Gasteiger partial charge is 0.339 e. The second-order valence-corrected chi connectivity index (χ2v) is 3.64. The normalized spacial score (nSPS) is 10.4. The van der Waals surface area contributed by atoms with Crippen LogP contribution in [0.4, 0.5) is 0 Å². The van der Waals surface area contributed by atoms with Gasteiger partial charge in [0, 0.05) is 12.4 Å². The van der Waals surface area contributed by atoms with E-state index in [9.17, 15) is 9.59 Å². The summed E-state index contributed by atoms with van der Waals surface area (Å²) in [4.78, 5) is 26.6. The summed E-state index contributed by atoms with van der Waals surface area (Å²) in [6.07, 6.45) is 6.62. The molecule has 0 saturated heterocycles. The Balaban J connectivity index is 2.64. The van der Waals surface area contributed by atoms with E-state index in [1.54, 1.807) is 38.3 Å². The Hall–Kier alpha value is -2.17. The monoisotopic (exact) mass is 263 g/mol. The van der Waals surface area contributed by atoms with Crippen molar-refractivity contribution in [2.45, 2.75) is 20.3 Å². The maximum absolute atomic E-state index is 11.5. The predicted octanol–water partition coefficient (Wildman–Crippen LogP) is 2.22. The van der Waals surface area contributed by atoms with Gasteiger partial charge in [0.2, 0.25) is 0 Å². The number of pyridine rings is 1. The third-order valence-electron chi connectivity index (χ3n) is 2.17. The third-order valence-corrected chi connectivity index (χ3v) is 2.17. The van der Waals surface area contributed by atoms with Gasteiger partial charge in [0.25, 0.3) is 0 Å². The second-order valence-electron chi connectivity index (χ2n) is 3.64. The van der Waals surface area contributed by atoms with Crippen LogP contribution < -0.4 is 0 Å². The second kappa shape index (κ2) is 8.02. The Labute approximate surface area is 112 Å². The number of ether oxygens (including phenoxy) is 2. The molecular formula is C14H17NO4. The average Bonchev–Trinajstić information content (AvgIpc) is 2.40. The van der Waals surface area contributed by atoms with Crippen molar-refractivity contribution in [3.8, 4) is 0 Å². The highest BCUT2D eigenvalue weighted by molar-refractivity contribution is 5.89. The first-order valence-corrected chi connectivity index (χ1v) is 6.11. The van der Waals surface area contributed by atoms with Gasteiger partial charge in [-0.25, -0.2) is 4.79 Å². The van der Waals surface area contributed by atoms with Crippen molar-refractivity contribution in [3.63, 3.8) is 0 Å². The molecule has 0 radical (unpaired) electrons. The number of carbonyl (C=O) groups excluding carboxylic acids is 2. The van der Waals surface area contributed by atoms with Gasteiger partial charge >= 0.3 is 11.9 Å². The zero-order valence-corrected chi connectivity index (χ0v) is 11.1. The van der Waals surface area contributed by atoms with Crippen LogP contribution in [-0.2, 0) is 14.3 Å². The van der Waals surface area contributed by atoms with Crippen molar-refractivity contribution in [1.29, 1.82) is 0 Å². The van der Waals surface area contributed by atoms with Crippen LogP contribution in [0.25, 0.3) is 6.08 Å². The minimum absolute atomic E-state index is 0.192. The highest BCUT2D eigenvalue weighted by atomic mass is 16.5. The van der Waals surface area contributed by atoms with E-state index in [4.69, 9.17) is 9.47 Å². The molecule has 0 unspecified atom stereocenters. The van der Waals surface area contributed by atoms with Gasteiger partial charge in [-0.15, -0.1) is 0 Å². The van der Waals surface area contributed by atoms with Gasteiger partial charge in [-0.05, 0) is 25.5 Å². The van der Waals surface area contributed by atoms with Crippen LogP contribution in [0.1, 0.15) is 36.2 Å². The van der Waals surface area contributed by atoms with Crippen molar-refractivity contribution in [3.05, 3.63) is 35.7 Å². The quantitative estimate of drug-likeness (QED) is 0.736. The molecule has 0 fully saturated rings. The molecule has 0 N–H and O–H groups in total. The van der Waals surface area contributed by atoms with E-state index in [2.05, 4.69) is 4.98 Å². The van der Waals surface area contributed by atoms with Gasteiger partial charge in [-0.1, -0.05) is 12.2 Å². The number of aromatic nitrogens is 1. The summed E-state index contributed by atoms with van der Waals surface area (Å²) >= 11 is 0. The fourth-order valence-corrected chi connectivity index (χ4v) is 1.39. The first kappa shape index (κ1) is 14.9. The minimum Gasteiger partial charge on any atom is -0.466 e. The summed E-state index contributed by atoms with van der Waals surface area (Å²) in [6, 6.07) is 1.66. The zero-order valence-electron chi connectivity index (χ0n) is 11.1. The van der Waals surface area contributed by atoms with Crippen molar-refractivity contribution in [2.75, 3.05) is 13.2 Å². The van der Waals surface area contributed by atoms with Crippen LogP contribution >= 0.6 is 0 Å². The molecule has 19 heavy (non-hydrogen) atoms. The molecule has 0 atom stereocenters. The lowest BCUT2D eigenvalue weighted by Crippen LogP contribution is -2.05. The maximum Gasteiger partial charge on any atom is 0.339 e. The molecule has 0 aliphatic carbocycles. The summed E-state index contributed by atoms with van der Waals surface area (Å²) < 4.78 is 9.67. The first-order valence-electron chi connectivity index (χ1n) is 6.11. The molecule has 102 valence electrons. The van der Waals surface area contributed by atoms with Gasteiger partial charge in [-0.3, -0.25) is 9.78 Å². The van der Waals surface area contributed by atoms with Gasteiger partial charge in [-0.2, -0.15) is 0 Å². The zero-order chi connectivity index (χ0) is 14.1. The van der Waals surface area contributed by atoms with E-state index in [1.807, 2.05) is 0 Å². The Morgan fingerprint density at radius 3 is 2.63 bits per heavy atom. The van der Waals surface area contributed by atoms with Crippen LogP contribution in [0.15, 0.2) is 24.5 Å². The molecule has 0 aliphatic rings. The number of carbonyl (C=O) groups is 2. The van der Waals surface area contributed by atoms with E-state index in [0.29, 0.717) is 18.8 Å². The predicted molar refractivity (Wildman–Crippen MR) is 70.5 cm³/mol. The maximum atomic E-state index is 11.5. The van der Waals surface area contributed by atoms with Crippen LogP contribution in [-0.4, -0.2) is 30.1 Å². The van der Waals surface area contributed by atoms with Crippen molar-refractivity contribution in [1.82, 2.24) is 4.98 Å². The molecule has 5 heteroatoms. The van der Waals surface area contributed by atoms with Crippen molar-refractivity contribution >= 4 is 18.0 Å². The molecule has 1 heterocycles. The first-order chi connectivity index (χ1) is 9.17. The molecule has 0 aliphatic heterocycles. The molecule has 0 aromatic carbocycles. The van der Waals surface area contributed by atoms with E-state index in [-0.39, 0.29) is 12.4 Å². The highest BCUT2D eigenvalue weighted by Gasteiger charge is 2.06. The van der Waals surface area contributed by atoms with Crippen molar-refractivity contribution < 1.29 is 19.1 Å². The molecule has 1 rings (SSSR count). The average molecular weight is 263 g/mol. The summed E-state index contributed by atoms with van der Waals surface area (Å²) in [5.74, 6) is -0.691. The lowest BCUT2D eigenvalue weighted by atomic mass is 10.2. The van der Waals surface area contributed by atoms with E-state index in [0.717, 1.165) is 5.56 Å². The lowest BCUT2D eigenvalue weighted by Gasteiger charge is -2.01. The van der Waals surface area contributed by atoms with Gasteiger partial charge in [0.05, 0.1) is 25.2 Å². The standard InChI is InChI=1S/C14H17NO4/c1-3-18-13(16)7-5-6-11-8-12(10-15-9-11)14(17)19-4-2/h5-6,8-10H,3-4,7H2,1-2H3. The molecule has 0 saturated carbocycles. The molecular weight excluding hydrogens is 246 g/mol. The third kappa shape index (κ3) is 5.33. The SMILES string of the molecule is CCOC(=O)CC=Cc1cncc(C(=O)OCC)c1. The number of hydrogen-bond acceptors (Lipinski definition) is 5. The molecule has 0 amide bonds. The van der Waals surface area contributed by atoms with E-state index in [1.165, 1.54) is 6.20 Å². The molecule has 0 spiro atoms. The van der Waals surface area contributed by atoms with Crippen molar-refractivity contribution in [2.24, 2.45) is 0 Å². The van der Waals surface area contributed by atoms with Crippen LogP contribution in [0, 0.1) is 0 Å². The molecule has 5 nitrogen and oxygen atoms in total. The summed E-state index contributed by atoms with van der Waals surface area (Å²) in [7, 11) is 0. The summed E-state index contributed by atoms with van der Waals surface area (Å²) in [5, 5.41) is 0. The number of esters is 2. The molecule has 1 aromatic heterocycles. The Morgan fingerprint density at radius 2 is 1.95 bits per heavy atom. The topological polar surface area (TPSA) is 65.5 Å². The van der Waals surface area contributed by atoms with Crippen LogP contribution in [0.2, 0.25) is 0 Å². The van der Waals surface area contributed by atoms with Gasteiger partial charge in [0.15, 0.2) is 0 Å². The summed E-state index contributed by atoms with van der Waals surface area (Å²) in [5.41, 5.74) is 1.12. The highest BCUT2D eigenvalue weighted by Crippen LogP contribution is 2.07. The van der Waals surface area contributed by atoms with Crippen LogP contribution in [0.3, 0.4) is 0 Å². The van der Waals surface area contributed by atoms with Gasteiger partial charge < -0.3 is 9.47 Å². The number of nitrogens with zero attached hydrogens (tertiary/aromatic N) is 1. The Kier molecular flexibility index (Phi) is 6.29. The fourth-order valence-electron chi connectivity index (χ4n) is 1.39. The van der Waals surface area contributed by atoms with E-state index >= 15 is 0 Å². The Bertz CT molecular complexity index is 468. The molecule has 1 aromatic rings. The Morgan fingerprint density at radius 1 is 1.21 bits per heavy atom. The molecule has 0 bridgehead atoms. The summed E-state index contributed by atoms with van der Waals surface area (Å²) in [6.45, 7) is 4.19. The fraction of sp³-hybridized carbons (Fsp3) is 0.357. The van der Waals surface area contributed by atoms with Gasteiger partial charge in [0.1, 0.15) is 0 Å².